The second kappa shape index (κ2) is 39.8. The minimum absolute atomic E-state index is 0.0127. The van der Waals surface area contributed by atoms with E-state index < -0.39 is 0 Å². The first-order chi connectivity index (χ1) is 27.9. The zero-order valence-electron chi connectivity index (χ0n) is 38.5. The normalized spacial score (nSPS) is 13.5. The summed E-state index contributed by atoms with van der Waals surface area (Å²) in [5.74, 6) is 1.60. The molecular weight excluding hydrogens is 709 g/mol. The van der Waals surface area contributed by atoms with Gasteiger partial charge in [-0.2, -0.15) is 0 Å². The highest BCUT2D eigenvalue weighted by atomic mass is 16.5. The predicted octanol–water partition coefficient (Wildman–Crippen LogP) is 13.8. The largest absolute Gasteiger partial charge is 0.466 e. The van der Waals surface area contributed by atoms with Gasteiger partial charge >= 0.3 is 11.9 Å². The molecule has 0 saturated carbocycles. The first kappa shape index (κ1) is 53.4. The maximum atomic E-state index is 13.0. The zero-order valence-corrected chi connectivity index (χ0v) is 38.5. The number of ether oxygens (including phenoxy) is 2. The van der Waals surface area contributed by atoms with E-state index in [2.05, 4.69) is 37.9 Å². The highest BCUT2D eigenvalue weighted by molar-refractivity contribution is 5.78. The number of nitrogens with zero attached hydrogens (tertiary/aromatic N) is 1. The number of carbonyl (C=O) groups excluding carboxylic acids is 3. The molecule has 0 aromatic rings. The van der Waals surface area contributed by atoms with E-state index in [0.717, 1.165) is 64.5 Å². The molecule has 1 rings (SSSR count). The molecular formula is C50H96N2O5. The highest BCUT2D eigenvalue weighted by Crippen LogP contribution is 2.22. The molecule has 57 heavy (non-hydrogen) atoms. The van der Waals surface area contributed by atoms with Gasteiger partial charge < -0.3 is 14.8 Å². The third kappa shape index (κ3) is 33.9. The summed E-state index contributed by atoms with van der Waals surface area (Å²) in [5, 5.41) is 3.43. The highest BCUT2D eigenvalue weighted by Gasteiger charge is 2.17. The lowest BCUT2D eigenvalue weighted by molar-refractivity contribution is -0.145. The summed E-state index contributed by atoms with van der Waals surface area (Å²) in [6.07, 6.45) is 40.3. The molecule has 1 amide bonds. The van der Waals surface area contributed by atoms with Gasteiger partial charge in [-0.1, -0.05) is 188 Å². The van der Waals surface area contributed by atoms with Gasteiger partial charge in [0.15, 0.2) is 0 Å². The van der Waals surface area contributed by atoms with Crippen LogP contribution in [0.4, 0.5) is 0 Å². The molecule has 0 radical (unpaired) electrons. The summed E-state index contributed by atoms with van der Waals surface area (Å²) in [6, 6.07) is 0.279. The lowest BCUT2D eigenvalue weighted by atomic mass is 9.93. The zero-order chi connectivity index (χ0) is 41.4. The van der Waals surface area contributed by atoms with Gasteiger partial charge in [-0.15, -0.1) is 0 Å². The predicted molar refractivity (Wildman–Crippen MR) is 242 cm³/mol. The van der Waals surface area contributed by atoms with Crippen LogP contribution in [0.1, 0.15) is 252 Å². The van der Waals surface area contributed by atoms with Gasteiger partial charge in [0.05, 0.1) is 19.8 Å². The lowest BCUT2D eigenvalue weighted by Gasteiger charge is -2.27. The third-order valence-corrected chi connectivity index (χ3v) is 12.5. The Morgan fingerprint density at radius 1 is 0.456 bits per heavy atom. The summed E-state index contributed by atoms with van der Waals surface area (Å²) >= 11 is 0. The molecule has 1 aliphatic heterocycles. The van der Waals surface area contributed by atoms with Crippen LogP contribution < -0.4 is 5.32 Å². The number of nitrogens with one attached hydrogen (secondary N) is 1. The Labute approximate surface area is 354 Å². The van der Waals surface area contributed by atoms with Crippen molar-refractivity contribution in [2.24, 2.45) is 11.8 Å². The van der Waals surface area contributed by atoms with E-state index in [9.17, 15) is 14.4 Å². The molecule has 7 nitrogen and oxygen atoms in total. The van der Waals surface area contributed by atoms with Crippen LogP contribution in [0.25, 0.3) is 0 Å². The minimum Gasteiger partial charge on any atom is -0.466 e. The van der Waals surface area contributed by atoms with E-state index in [-0.39, 0.29) is 23.9 Å². The number of hydrogen-bond acceptors (Lipinski definition) is 6. The van der Waals surface area contributed by atoms with Gasteiger partial charge in [0.2, 0.25) is 5.91 Å². The Morgan fingerprint density at radius 2 is 0.825 bits per heavy atom. The van der Waals surface area contributed by atoms with Gasteiger partial charge in [-0.05, 0) is 76.3 Å². The molecule has 7 heteroatoms. The van der Waals surface area contributed by atoms with Crippen LogP contribution in [0.15, 0.2) is 0 Å². The number of unbranched alkanes of at least 4 members (excludes halogenated alkanes) is 16. The minimum atomic E-state index is -0.0127. The van der Waals surface area contributed by atoms with E-state index >= 15 is 0 Å². The topological polar surface area (TPSA) is 84.9 Å². The molecule has 1 saturated heterocycles. The van der Waals surface area contributed by atoms with Crippen LogP contribution in [0.5, 0.6) is 0 Å². The number of piperidine rings is 1. The second-order valence-electron chi connectivity index (χ2n) is 17.9. The van der Waals surface area contributed by atoms with Crippen LogP contribution >= 0.6 is 0 Å². The average Bonchev–Trinajstić information content (AvgIpc) is 3.21. The molecule has 336 valence electrons. The third-order valence-electron chi connectivity index (χ3n) is 12.5. The Morgan fingerprint density at radius 3 is 1.21 bits per heavy atom. The summed E-state index contributed by atoms with van der Waals surface area (Å²) in [7, 11) is 0. The van der Waals surface area contributed by atoms with Crippen molar-refractivity contribution < 1.29 is 23.9 Å². The Bertz CT molecular complexity index is 850. The van der Waals surface area contributed by atoms with Crippen molar-refractivity contribution in [1.82, 2.24) is 10.2 Å². The smallest absolute Gasteiger partial charge is 0.305 e. The van der Waals surface area contributed by atoms with Gasteiger partial charge in [0, 0.05) is 18.9 Å². The standard InChI is InChI=1S/C50H96N2O5/c1-5-9-30-45(31-10-6-2)38-42-56-49(54)36-26-21-17-13-15-19-24-34-47(51-48(53)44-52-40-28-23-29-41-52)35-25-20-16-14-18-22-27-37-50(55)57-43-39-46(32-11-7-3)33-12-8-4/h45-47H,5-44H2,1-4H3,(H,51,53). The van der Waals surface area contributed by atoms with Crippen molar-refractivity contribution >= 4 is 17.8 Å². The molecule has 1 N–H and O–H groups in total. The molecule has 0 atom stereocenters. The van der Waals surface area contributed by atoms with Crippen molar-refractivity contribution in [1.29, 1.82) is 0 Å². The van der Waals surface area contributed by atoms with Crippen molar-refractivity contribution in [3.8, 4) is 0 Å². The maximum absolute atomic E-state index is 13.0. The molecule has 1 aliphatic rings. The van der Waals surface area contributed by atoms with E-state index in [0.29, 0.717) is 44.4 Å². The maximum Gasteiger partial charge on any atom is 0.305 e. The molecule has 0 spiro atoms. The summed E-state index contributed by atoms with van der Waals surface area (Å²) in [6.45, 7) is 12.9. The van der Waals surface area contributed by atoms with Gasteiger partial charge in [-0.25, -0.2) is 0 Å². The van der Waals surface area contributed by atoms with Gasteiger partial charge in [-0.3, -0.25) is 19.3 Å². The van der Waals surface area contributed by atoms with Crippen LogP contribution in [-0.2, 0) is 23.9 Å². The summed E-state index contributed by atoms with van der Waals surface area (Å²) in [5.41, 5.74) is 0. The fourth-order valence-electron chi connectivity index (χ4n) is 8.63. The number of rotatable bonds is 41. The number of esters is 2. The molecule has 1 fully saturated rings. The number of likely N-dealkylation sites (tertiary alicyclic amines) is 1. The Kier molecular flexibility index (Phi) is 37.3. The van der Waals surface area contributed by atoms with Crippen molar-refractivity contribution in [3.05, 3.63) is 0 Å². The fourth-order valence-corrected chi connectivity index (χ4v) is 8.63. The van der Waals surface area contributed by atoms with Crippen LogP contribution in [0.3, 0.4) is 0 Å². The molecule has 0 aromatic carbocycles. The molecule has 1 heterocycles. The van der Waals surface area contributed by atoms with E-state index in [1.165, 1.54) is 161 Å². The summed E-state index contributed by atoms with van der Waals surface area (Å²) < 4.78 is 11.2. The summed E-state index contributed by atoms with van der Waals surface area (Å²) in [4.78, 5) is 39.9. The average molecular weight is 805 g/mol. The molecule has 0 aromatic heterocycles. The first-order valence-electron chi connectivity index (χ1n) is 25.2. The van der Waals surface area contributed by atoms with Crippen LogP contribution in [0.2, 0.25) is 0 Å². The monoisotopic (exact) mass is 805 g/mol. The Balaban J connectivity index is 2.21. The molecule has 0 bridgehead atoms. The van der Waals surface area contributed by atoms with Gasteiger partial charge in [0.25, 0.3) is 0 Å². The SMILES string of the molecule is CCCCC(CCCC)CCOC(=O)CCCCCCCCCC(CCCCCCCCCC(=O)OCCC(CCCC)CCCC)NC(=O)CN1CCCCC1. The second-order valence-corrected chi connectivity index (χ2v) is 17.9. The van der Waals surface area contributed by atoms with Crippen LogP contribution in [0, 0.1) is 11.8 Å². The van der Waals surface area contributed by atoms with E-state index in [1.807, 2.05) is 0 Å². The quantitative estimate of drug-likeness (QED) is 0.0489. The van der Waals surface area contributed by atoms with E-state index in [1.54, 1.807) is 0 Å². The number of amides is 1. The van der Waals surface area contributed by atoms with Crippen molar-refractivity contribution in [3.63, 3.8) is 0 Å². The Hall–Kier alpha value is -1.63. The van der Waals surface area contributed by atoms with E-state index in [4.69, 9.17) is 9.47 Å². The fraction of sp³-hybridized carbons (Fsp3) is 0.940. The molecule has 0 unspecified atom stereocenters. The lowest BCUT2D eigenvalue weighted by Crippen LogP contribution is -2.43. The first-order valence-corrected chi connectivity index (χ1v) is 25.2. The van der Waals surface area contributed by atoms with Crippen molar-refractivity contribution in [2.45, 2.75) is 258 Å². The van der Waals surface area contributed by atoms with Crippen molar-refractivity contribution in [2.75, 3.05) is 32.8 Å². The number of hydrogen-bond donors (Lipinski definition) is 1. The number of carbonyl (C=O) groups is 3. The van der Waals surface area contributed by atoms with Crippen LogP contribution in [-0.4, -0.2) is 61.6 Å². The molecule has 0 aliphatic carbocycles. The van der Waals surface area contributed by atoms with Gasteiger partial charge in [0.1, 0.15) is 0 Å².